The van der Waals surface area contributed by atoms with Crippen LogP contribution < -0.4 is 4.90 Å². The van der Waals surface area contributed by atoms with Crippen molar-refractivity contribution in [3.05, 3.63) is 77.7 Å². The third-order valence-electron chi connectivity index (χ3n) is 6.08. The van der Waals surface area contributed by atoms with Gasteiger partial charge in [0.2, 0.25) is 11.9 Å². The molecule has 1 amide bonds. The Kier molecular flexibility index (Phi) is 4.99. The van der Waals surface area contributed by atoms with Crippen molar-refractivity contribution in [2.24, 2.45) is 0 Å². The van der Waals surface area contributed by atoms with Gasteiger partial charge in [-0.25, -0.2) is 9.38 Å². The molecule has 0 saturated carbocycles. The number of para-hydroxylation sites is 1. The summed E-state index contributed by atoms with van der Waals surface area (Å²) < 4.78 is 2.07. The maximum Gasteiger partial charge on any atom is 0.227 e. The Labute approximate surface area is 194 Å². The van der Waals surface area contributed by atoms with E-state index in [0.29, 0.717) is 32.6 Å². The topological polar surface area (TPSA) is 66.6 Å². The Morgan fingerprint density at radius 2 is 1.67 bits per heavy atom. The molecule has 3 aromatic heterocycles. The van der Waals surface area contributed by atoms with Crippen molar-refractivity contribution >= 4 is 39.7 Å². The van der Waals surface area contributed by atoms with Crippen molar-refractivity contribution in [3.63, 3.8) is 0 Å². The van der Waals surface area contributed by atoms with Crippen molar-refractivity contribution in [1.82, 2.24) is 24.5 Å². The predicted octanol–water partition coefficient (Wildman–Crippen LogP) is 3.90. The molecule has 164 valence electrons. The predicted molar refractivity (Wildman–Crippen MR) is 131 cm³/mol. The number of nitrogens with zero attached hydrogens (tertiary/aromatic N) is 6. The third kappa shape index (κ3) is 3.62. The van der Waals surface area contributed by atoms with Gasteiger partial charge in [-0.3, -0.25) is 4.79 Å². The molecule has 1 saturated heterocycles. The van der Waals surface area contributed by atoms with Crippen LogP contribution >= 0.6 is 11.3 Å². The molecule has 8 heteroatoms. The summed E-state index contributed by atoms with van der Waals surface area (Å²) in [6, 6.07) is 22.0. The van der Waals surface area contributed by atoms with Crippen molar-refractivity contribution in [3.8, 4) is 10.7 Å². The Balaban J connectivity index is 1.32. The molecular weight excluding hydrogens is 432 g/mol. The first-order valence-electron chi connectivity index (χ1n) is 11.0. The molecule has 0 unspecified atom stereocenters. The number of thiophene rings is 1. The highest BCUT2D eigenvalue weighted by molar-refractivity contribution is 7.13. The van der Waals surface area contributed by atoms with Gasteiger partial charge in [-0.2, -0.15) is 0 Å². The SMILES string of the molecule is O=C(Cc1ccccc1)N1CCN(c2nc3ccccc3c3nnc(-c4cccs4)n23)CC1. The van der Waals surface area contributed by atoms with E-state index in [9.17, 15) is 4.79 Å². The number of anilines is 1. The van der Waals surface area contributed by atoms with E-state index in [0.717, 1.165) is 38.8 Å². The second kappa shape index (κ2) is 8.29. The molecule has 1 fully saturated rings. The minimum absolute atomic E-state index is 0.168. The lowest BCUT2D eigenvalue weighted by Crippen LogP contribution is -2.50. The summed E-state index contributed by atoms with van der Waals surface area (Å²) in [7, 11) is 0. The van der Waals surface area contributed by atoms with E-state index in [2.05, 4.69) is 25.6 Å². The van der Waals surface area contributed by atoms with Crippen molar-refractivity contribution in [2.75, 3.05) is 31.1 Å². The van der Waals surface area contributed by atoms with Crippen molar-refractivity contribution < 1.29 is 4.79 Å². The van der Waals surface area contributed by atoms with Gasteiger partial charge in [0.15, 0.2) is 11.5 Å². The van der Waals surface area contributed by atoms with Crippen LogP contribution in [-0.4, -0.2) is 56.6 Å². The van der Waals surface area contributed by atoms with E-state index in [4.69, 9.17) is 4.98 Å². The Morgan fingerprint density at radius 3 is 2.45 bits per heavy atom. The standard InChI is InChI=1S/C25H22N6OS/c32-22(17-18-7-2-1-3-8-18)29-12-14-30(15-13-29)25-26-20-10-5-4-9-19(20)23-27-28-24(31(23)25)21-11-6-16-33-21/h1-11,16H,12-15,17H2. The summed E-state index contributed by atoms with van der Waals surface area (Å²) in [5, 5.41) is 12.1. The summed E-state index contributed by atoms with van der Waals surface area (Å²) in [5.74, 6) is 1.80. The van der Waals surface area contributed by atoms with Gasteiger partial charge in [-0.05, 0) is 29.1 Å². The van der Waals surface area contributed by atoms with Crippen LogP contribution in [0.1, 0.15) is 5.56 Å². The Bertz CT molecular complexity index is 1420. The maximum atomic E-state index is 12.8. The lowest BCUT2D eigenvalue weighted by molar-refractivity contribution is -0.130. The van der Waals surface area contributed by atoms with E-state index < -0.39 is 0 Å². The van der Waals surface area contributed by atoms with Gasteiger partial charge in [0.1, 0.15) is 0 Å². The zero-order valence-electron chi connectivity index (χ0n) is 18.0. The van der Waals surface area contributed by atoms with Gasteiger partial charge >= 0.3 is 0 Å². The fourth-order valence-corrected chi connectivity index (χ4v) is 5.08. The fourth-order valence-electron chi connectivity index (χ4n) is 4.38. The summed E-state index contributed by atoms with van der Waals surface area (Å²) >= 11 is 1.64. The van der Waals surface area contributed by atoms with Crippen LogP contribution in [0.3, 0.4) is 0 Å². The minimum Gasteiger partial charge on any atom is -0.339 e. The van der Waals surface area contributed by atoms with Crippen LogP contribution in [0.5, 0.6) is 0 Å². The molecule has 5 aromatic rings. The van der Waals surface area contributed by atoms with Gasteiger partial charge in [0.05, 0.1) is 16.8 Å². The molecular formula is C25H22N6OS. The van der Waals surface area contributed by atoms with Gasteiger partial charge in [-0.15, -0.1) is 21.5 Å². The fraction of sp³-hybridized carbons (Fsp3) is 0.200. The number of benzene rings is 2. The average molecular weight is 455 g/mol. The number of carbonyl (C=O) groups excluding carboxylic acids is 1. The second-order valence-corrected chi connectivity index (χ2v) is 9.07. The molecule has 0 N–H and O–H groups in total. The number of fused-ring (bicyclic) bond motifs is 3. The number of amides is 1. The molecule has 33 heavy (non-hydrogen) atoms. The third-order valence-corrected chi connectivity index (χ3v) is 6.95. The van der Waals surface area contributed by atoms with Gasteiger partial charge in [-0.1, -0.05) is 48.5 Å². The van der Waals surface area contributed by atoms with Crippen LogP contribution in [0.4, 0.5) is 5.95 Å². The highest BCUT2D eigenvalue weighted by Crippen LogP contribution is 2.30. The smallest absolute Gasteiger partial charge is 0.227 e. The zero-order valence-corrected chi connectivity index (χ0v) is 18.8. The molecule has 2 aromatic carbocycles. The van der Waals surface area contributed by atoms with E-state index >= 15 is 0 Å². The van der Waals surface area contributed by atoms with Gasteiger partial charge in [0, 0.05) is 31.6 Å². The van der Waals surface area contributed by atoms with Crippen LogP contribution in [-0.2, 0) is 11.2 Å². The second-order valence-electron chi connectivity index (χ2n) is 8.12. The summed E-state index contributed by atoms with van der Waals surface area (Å²) in [6.45, 7) is 2.75. The molecule has 6 rings (SSSR count). The number of carbonyl (C=O) groups is 1. The zero-order chi connectivity index (χ0) is 22.2. The van der Waals surface area contributed by atoms with Crippen LogP contribution in [0, 0.1) is 0 Å². The van der Waals surface area contributed by atoms with Gasteiger partial charge < -0.3 is 9.80 Å². The maximum absolute atomic E-state index is 12.8. The number of rotatable bonds is 4. The normalized spacial score (nSPS) is 14.3. The molecule has 1 aliphatic rings. The molecule has 0 atom stereocenters. The first-order chi connectivity index (χ1) is 16.3. The highest BCUT2D eigenvalue weighted by atomic mass is 32.1. The van der Waals surface area contributed by atoms with E-state index in [1.54, 1.807) is 11.3 Å². The molecule has 0 aliphatic carbocycles. The van der Waals surface area contributed by atoms with E-state index in [1.165, 1.54) is 0 Å². The Morgan fingerprint density at radius 1 is 0.879 bits per heavy atom. The largest absolute Gasteiger partial charge is 0.339 e. The number of hydrogen-bond acceptors (Lipinski definition) is 6. The molecule has 1 aliphatic heterocycles. The highest BCUT2D eigenvalue weighted by Gasteiger charge is 2.26. The quantitative estimate of drug-likeness (QED) is 0.412. The summed E-state index contributed by atoms with van der Waals surface area (Å²) in [4.78, 5) is 23.1. The molecule has 0 radical (unpaired) electrons. The summed E-state index contributed by atoms with van der Waals surface area (Å²) in [6.07, 6.45) is 0.438. The lowest BCUT2D eigenvalue weighted by atomic mass is 10.1. The van der Waals surface area contributed by atoms with E-state index in [-0.39, 0.29) is 5.91 Å². The Hall–Kier alpha value is -3.78. The minimum atomic E-state index is 0.168. The molecule has 0 bridgehead atoms. The van der Waals surface area contributed by atoms with Crippen LogP contribution in [0.15, 0.2) is 72.1 Å². The lowest BCUT2D eigenvalue weighted by Gasteiger charge is -2.35. The van der Waals surface area contributed by atoms with Crippen molar-refractivity contribution in [1.29, 1.82) is 0 Å². The number of hydrogen-bond donors (Lipinski definition) is 0. The average Bonchev–Trinajstić information content (AvgIpc) is 3.55. The number of aromatic nitrogens is 4. The number of piperazine rings is 1. The van der Waals surface area contributed by atoms with Gasteiger partial charge in [0.25, 0.3) is 0 Å². The van der Waals surface area contributed by atoms with E-state index in [1.807, 2.05) is 70.9 Å². The van der Waals surface area contributed by atoms with Crippen LogP contribution in [0.2, 0.25) is 0 Å². The summed E-state index contributed by atoms with van der Waals surface area (Å²) in [5.41, 5.74) is 2.75. The monoisotopic (exact) mass is 454 g/mol. The first kappa shape index (κ1) is 19.9. The molecule has 0 spiro atoms. The van der Waals surface area contributed by atoms with Crippen LogP contribution in [0.25, 0.3) is 27.3 Å². The van der Waals surface area contributed by atoms with Crippen molar-refractivity contribution in [2.45, 2.75) is 6.42 Å². The molecule has 4 heterocycles. The molecule has 7 nitrogen and oxygen atoms in total. The first-order valence-corrected chi connectivity index (χ1v) is 11.9.